The zero-order chi connectivity index (χ0) is 13.5. The number of anilines is 1. The Balaban J connectivity index is 1.50. The highest BCUT2D eigenvalue weighted by Gasteiger charge is 2.39. The van der Waals surface area contributed by atoms with Crippen LogP contribution in [0.5, 0.6) is 0 Å². The van der Waals surface area contributed by atoms with Crippen molar-refractivity contribution in [3.8, 4) is 11.3 Å². The number of nitrogens with zero attached hydrogens (tertiary/aromatic N) is 4. The standard InChI is InChI=1S/C15H19N5/c1-19-7-12-9-20(10-13(12)8-19)15-3-2-14(17-18-15)11-4-5-16-6-11/h2-6,12-13,16H,7-10H2,1H3. The van der Waals surface area contributed by atoms with Crippen LogP contribution in [0.4, 0.5) is 5.82 Å². The number of hydrogen-bond acceptors (Lipinski definition) is 4. The molecule has 4 heterocycles. The quantitative estimate of drug-likeness (QED) is 0.897. The Morgan fingerprint density at radius 1 is 1.05 bits per heavy atom. The molecular weight excluding hydrogens is 250 g/mol. The second-order valence-corrected chi connectivity index (χ2v) is 6.02. The van der Waals surface area contributed by atoms with Gasteiger partial charge in [0.1, 0.15) is 0 Å². The van der Waals surface area contributed by atoms with Gasteiger partial charge < -0.3 is 14.8 Å². The van der Waals surface area contributed by atoms with Crippen LogP contribution in [0.25, 0.3) is 11.3 Å². The molecule has 0 spiro atoms. The summed E-state index contributed by atoms with van der Waals surface area (Å²) < 4.78 is 0. The zero-order valence-electron chi connectivity index (χ0n) is 11.7. The fourth-order valence-electron chi connectivity index (χ4n) is 3.55. The molecule has 2 unspecified atom stereocenters. The van der Waals surface area contributed by atoms with E-state index < -0.39 is 0 Å². The third kappa shape index (κ3) is 1.98. The number of H-pyrrole nitrogens is 1. The highest BCUT2D eigenvalue weighted by atomic mass is 15.3. The molecule has 0 aromatic carbocycles. The smallest absolute Gasteiger partial charge is 0.151 e. The van der Waals surface area contributed by atoms with Crippen LogP contribution in [0.15, 0.2) is 30.6 Å². The van der Waals surface area contributed by atoms with E-state index in [-0.39, 0.29) is 0 Å². The third-order valence-electron chi connectivity index (χ3n) is 4.54. The van der Waals surface area contributed by atoms with Crippen molar-refractivity contribution in [2.24, 2.45) is 11.8 Å². The van der Waals surface area contributed by atoms with E-state index in [2.05, 4.69) is 44.2 Å². The first-order valence-electron chi connectivity index (χ1n) is 7.20. The summed E-state index contributed by atoms with van der Waals surface area (Å²) in [5, 5.41) is 8.76. The highest BCUT2D eigenvalue weighted by molar-refractivity contribution is 5.58. The molecule has 0 saturated carbocycles. The second kappa shape index (κ2) is 4.59. The molecule has 2 saturated heterocycles. The van der Waals surface area contributed by atoms with Gasteiger partial charge in [0.15, 0.2) is 5.82 Å². The minimum absolute atomic E-state index is 0.797. The Morgan fingerprint density at radius 2 is 1.85 bits per heavy atom. The van der Waals surface area contributed by atoms with E-state index in [1.54, 1.807) is 0 Å². The minimum Gasteiger partial charge on any atom is -0.367 e. The van der Waals surface area contributed by atoms with Gasteiger partial charge in [-0.25, -0.2) is 0 Å². The Hall–Kier alpha value is -1.88. The van der Waals surface area contributed by atoms with Crippen LogP contribution in [0, 0.1) is 11.8 Å². The predicted octanol–water partition coefficient (Wildman–Crippen LogP) is 1.47. The van der Waals surface area contributed by atoms with Crippen LogP contribution in [-0.4, -0.2) is 53.3 Å². The lowest BCUT2D eigenvalue weighted by Crippen LogP contribution is -2.27. The molecule has 0 amide bonds. The molecule has 104 valence electrons. The molecule has 0 bridgehead atoms. The van der Waals surface area contributed by atoms with Crippen LogP contribution in [-0.2, 0) is 0 Å². The maximum absolute atomic E-state index is 4.41. The van der Waals surface area contributed by atoms with Crippen molar-refractivity contribution in [2.75, 3.05) is 38.1 Å². The summed E-state index contributed by atoms with van der Waals surface area (Å²) in [6.07, 6.45) is 3.85. The molecule has 2 aliphatic rings. The van der Waals surface area contributed by atoms with Gasteiger partial charge in [0.2, 0.25) is 0 Å². The fourth-order valence-corrected chi connectivity index (χ4v) is 3.55. The normalized spacial score (nSPS) is 26.1. The van der Waals surface area contributed by atoms with Gasteiger partial charge in [0.05, 0.1) is 5.69 Å². The number of likely N-dealkylation sites (tertiary alicyclic amines) is 1. The van der Waals surface area contributed by atoms with Crippen molar-refractivity contribution in [1.82, 2.24) is 20.1 Å². The molecule has 2 aromatic heterocycles. The SMILES string of the molecule is CN1CC2CN(c3ccc(-c4cc[nH]c4)nn3)CC2C1. The Bertz CT molecular complexity index is 563. The van der Waals surface area contributed by atoms with E-state index in [0.717, 1.165) is 42.0 Å². The molecular formula is C15H19N5. The Labute approximate surface area is 118 Å². The van der Waals surface area contributed by atoms with Crippen molar-refractivity contribution in [3.63, 3.8) is 0 Å². The van der Waals surface area contributed by atoms with E-state index in [1.165, 1.54) is 13.1 Å². The van der Waals surface area contributed by atoms with Gasteiger partial charge >= 0.3 is 0 Å². The lowest BCUT2D eigenvalue weighted by Gasteiger charge is -2.19. The maximum atomic E-state index is 4.41. The van der Waals surface area contributed by atoms with E-state index in [9.17, 15) is 0 Å². The van der Waals surface area contributed by atoms with Crippen LogP contribution < -0.4 is 4.90 Å². The minimum atomic E-state index is 0.797. The fraction of sp³-hybridized carbons (Fsp3) is 0.467. The number of rotatable bonds is 2. The summed E-state index contributed by atoms with van der Waals surface area (Å²) in [7, 11) is 2.22. The van der Waals surface area contributed by atoms with Crippen molar-refractivity contribution in [2.45, 2.75) is 0 Å². The molecule has 5 nitrogen and oxygen atoms in total. The van der Waals surface area contributed by atoms with Gasteiger partial charge in [0.25, 0.3) is 0 Å². The first kappa shape index (κ1) is 11.9. The molecule has 20 heavy (non-hydrogen) atoms. The number of aromatic amines is 1. The number of nitrogens with one attached hydrogen (secondary N) is 1. The van der Waals surface area contributed by atoms with Gasteiger partial charge in [-0.1, -0.05) is 0 Å². The first-order valence-corrected chi connectivity index (χ1v) is 7.20. The molecule has 5 heteroatoms. The topological polar surface area (TPSA) is 48.0 Å². The first-order chi connectivity index (χ1) is 9.79. The van der Waals surface area contributed by atoms with E-state index in [4.69, 9.17) is 0 Å². The van der Waals surface area contributed by atoms with Crippen molar-refractivity contribution in [3.05, 3.63) is 30.6 Å². The summed E-state index contributed by atoms with van der Waals surface area (Å²) in [6, 6.07) is 6.17. The van der Waals surface area contributed by atoms with Crippen LogP contribution >= 0.6 is 0 Å². The van der Waals surface area contributed by atoms with E-state index in [0.29, 0.717) is 0 Å². The predicted molar refractivity (Wildman–Crippen MR) is 78.5 cm³/mol. The van der Waals surface area contributed by atoms with Gasteiger partial charge in [0, 0.05) is 44.1 Å². The lowest BCUT2D eigenvalue weighted by molar-refractivity contribution is 0.387. The summed E-state index contributed by atoms with van der Waals surface area (Å²) in [5.74, 6) is 2.61. The highest BCUT2D eigenvalue weighted by Crippen LogP contribution is 2.32. The maximum Gasteiger partial charge on any atom is 0.151 e. The zero-order valence-corrected chi connectivity index (χ0v) is 11.7. The Morgan fingerprint density at radius 3 is 2.45 bits per heavy atom. The van der Waals surface area contributed by atoms with E-state index in [1.807, 2.05) is 18.5 Å². The van der Waals surface area contributed by atoms with Gasteiger partial charge in [-0.15, -0.1) is 10.2 Å². The molecule has 4 rings (SSSR count). The summed E-state index contributed by atoms with van der Waals surface area (Å²) in [6.45, 7) is 4.67. The summed E-state index contributed by atoms with van der Waals surface area (Å²) in [5.41, 5.74) is 2.01. The molecule has 2 aliphatic heterocycles. The van der Waals surface area contributed by atoms with Crippen LogP contribution in [0.1, 0.15) is 0 Å². The summed E-state index contributed by atoms with van der Waals surface area (Å²) >= 11 is 0. The van der Waals surface area contributed by atoms with Crippen molar-refractivity contribution < 1.29 is 0 Å². The average molecular weight is 269 g/mol. The molecule has 0 aliphatic carbocycles. The van der Waals surface area contributed by atoms with E-state index >= 15 is 0 Å². The molecule has 2 fully saturated rings. The van der Waals surface area contributed by atoms with Crippen molar-refractivity contribution >= 4 is 5.82 Å². The van der Waals surface area contributed by atoms with Crippen molar-refractivity contribution in [1.29, 1.82) is 0 Å². The number of aromatic nitrogens is 3. The van der Waals surface area contributed by atoms with Gasteiger partial charge in [-0.05, 0) is 37.1 Å². The molecule has 2 atom stereocenters. The molecule has 1 N–H and O–H groups in total. The second-order valence-electron chi connectivity index (χ2n) is 6.02. The van der Waals surface area contributed by atoms with Crippen LogP contribution in [0.2, 0.25) is 0 Å². The molecule has 0 radical (unpaired) electrons. The number of fused-ring (bicyclic) bond motifs is 1. The summed E-state index contributed by atoms with van der Waals surface area (Å²) in [4.78, 5) is 7.87. The van der Waals surface area contributed by atoms with Crippen LogP contribution in [0.3, 0.4) is 0 Å². The largest absolute Gasteiger partial charge is 0.367 e. The lowest BCUT2D eigenvalue weighted by atomic mass is 10.0. The monoisotopic (exact) mass is 269 g/mol. The van der Waals surface area contributed by atoms with Gasteiger partial charge in [-0.3, -0.25) is 0 Å². The number of hydrogen-bond donors (Lipinski definition) is 1. The third-order valence-corrected chi connectivity index (χ3v) is 4.54. The average Bonchev–Trinajstić information content (AvgIpc) is 3.13. The Kier molecular flexibility index (Phi) is 2.73. The van der Waals surface area contributed by atoms with Gasteiger partial charge in [-0.2, -0.15) is 0 Å². The molecule has 2 aromatic rings.